The van der Waals surface area contributed by atoms with Crippen molar-refractivity contribution in [1.29, 1.82) is 0 Å². The first-order valence-electron chi connectivity index (χ1n) is 11.8. The van der Waals surface area contributed by atoms with E-state index in [4.69, 9.17) is 0 Å². The van der Waals surface area contributed by atoms with E-state index in [0.29, 0.717) is 23.4 Å². The van der Waals surface area contributed by atoms with E-state index in [0.717, 1.165) is 44.4 Å². The van der Waals surface area contributed by atoms with Crippen molar-refractivity contribution in [3.63, 3.8) is 0 Å². The number of amides is 1. The molecule has 1 amide bonds. The largest absolute Gasteiger partial charge is 0.433 e. The number of carbonyl (C=O) groups excluding carboxylic acids is 1. The van der Waals surface area contributed by atoms with Crippen LogP contribution in [0.2, 0.25) is 0 Å². The predicted octanol–water partition coefficient (Wildman–Crippen LogP) is 5.32. The van der Waals surface area contributed by atoms with Gasteiger partial charge in [0.25, 0.3) is 0 Å². The van der Waals surface area contributed by atoms with Crippen LogP contribution in [0, 0.1) is 5.92 Å². The molecular formula is C26H26F3N5O. The lowest BCUT2D eigenvalue weighted by Crippen LogP contribution is -2.39. The quantitative estimate of drug-likeness (QED) is 0.406. The van der Waals surface area contributed by atoms with E-state index in [1.54, 1.807) is 18.5 Å². The number of rotatable bonds is 6. The second-order valence-corrected chi connectivity index (χ2v) is 9.07. The molecule has 0 atom stereocenters. The monoisotopic (exact) mass is 481 g/mol. The number of carbonyl (C=O) groups is 1. The minimum atomic E-state index is -4.50. The van der Waals surface area contributed by atoms with E-state index in [1.807, 2.05) is 41.3 Å². The lowest BCUT2D eigenvalue weighted by molar-refractivity contribution is -0.140. The van der Waals surface area contributed by atoms with Gasteiger partial charge in [0.1, 0.15) is 5.69 Å². The summed E-state index contributed by atoms with van der Waals surface area (Å²) in [4.78, 5) is 19.0. The Morgan fingerprint density at radius 2 is 1.86 bits per heavy atom. The van der Waals surface area contributed by atoms with Crippen LogP contribution in [-0.4, -0.2) is 43.6 Å². The van der Waals surface area contributed by atoms with Crippen molar-refractivity contribution < 1.29 is 18.0 Å². The van der Waals surface area contributed by atoms with Gasteiger partial charge in [0.05, 0.1) is 23.6 Å². The zero-order valence-corrected chi connectivity index (χ0v) is 19.1. The number of aromatic nitrogens is 4. The second kappa shape index (κ2) is 9.56. The van der Waals surface area contributed by atoms with E-state index >= 15 is 0 Å². The van der Waals surface area contributed by atoms with Crippen LogP contribution in [0.3, 0.4) is 0 Å². The maximum Gasteiger partial charge on any atom is 0.433 e. The Morgan fingerprint density at radius 3 is 2.60 bits per heavy atom. The van der Waals surface area contributed by atoms with Gasteiger partial charge in [-0.3, -0.25) is 9.89 Å². The first-order chi connectivity index (χ1) is 16.9. The Labute approximate surface area is 200 Å². The minimum absolute atomic E-state index is 0.0123. The number of fused-ring (bicyclic) bond motifs is 1. The molecule has 2 aromatic carbocycles. The molecule has 0 saturated carbocycles. The summed E-state index contributed by atoms with van der Waals surface area (Å²) in [6.07, 6.45) is 1.54. The van der Waals surface area contributed by atoms with Crippen molar-refractivity contribution in [3.05, 3.63) is 72.3 Å². The third-order valence-electron chi connectivity index (χ3n) is 6.75. The highest BCUT2D eigenvalue weighted by molar-refractivity contribution is 5.82. The van der Waals surface area contributed by atoms with E-state index in [1.165, 1.54) is 11.8 Å². The number of nitrogens with zero attached hydrogens (tertiary/aromatic N) is 4. The zero-order valence-electron chi connectivity index (χ0n) is 19.1. The summed E-state index contributed by atoms with van der Waals surface area (Å²) in [7, 11) is 0. The molecule has 1 N–H and O–H groups in total. The topological polar surface area (TPSA) is 66.8 Å². The highest BCUT2D eigenvalue weighted by Gasteiger charge is 2.36. The van der Waals surface area contributed by atoms with Gasteiger partial charge in [-0.25, -0.2) is 4.98 Å². The van der Waals surface area contributed by atoms with Gasteiger partial charge in [-0.15, -0.1) is 0 Å². The number of likely N-dealkylation sites (tertiary alicyclic amines) is 1. The minimum Gasteiger partial charge on any atom is -0.343 e. The highest BCUT2D eigenvalue weighted by atomic mass is 19.4. The fraction of sp³-hybridized carbons (Fsp3) is 0.346. The molecule has 182 valence electrons. The summed E-state index contributed by atoms with van der Waals surface area (Å²) in [5.74, 6) is 0.612. The van der Waals surface area contributed by atoms with Gasteiger partial charge in [-0.2, -0.15) is 18.3 Å². The number of aromatic amines is 1. The predicted molar refractivity (Wildman–Crippen MR) is 126 cm³/mol. The van der Waals surface area contributed by atoms with Crippen LogP contribution in [0.1, 0.15) is 30.5 Å². The molecule has 5 rings (SSSR count). The smallest absolute Gasteiger partial charge is 0.343 e. The fourth-order valence-electron chi connectivity index (χ4n) is 4.80. The number of hydrogen-bond donors (Lipinski definition) is 1. The van der Waals surface area contributed by atoms with Crippen molar-refractivity contribution in [2.24, 2.45) is 5.92 Å². The van der Waals surface area contributed by atoms with Crippen molar-refractivity contribution in [3.8, 4) is 11.1 Å². The maximum atomic E-state index is 13.2. The molecule has 1 saturated heterocycles. The Bertz CT molecular complexity index is 1300. The summed E-state index contributed by atoms with van der Waals surface area (Å²) < 4.78 is 41.7. The molecule has 35 heavy (non-hydrogen) atoms. The van der Waals surface area contributed by atoms with Crippen molar-refractivity contribution in [2.75, 3.05) is 13.1 Å². The molecule has 3 heterocycles. The van der Waals surface area contributed by atoms with Crippen LogP contribution in [0.4, 0.5) is 13.2 Å². The summed E-state index contributed by atoms with van der Waals surface area (Å²) >= 11 is 0. The number of H-pyrrole nitrogens is 1. The summed E-state index contributed by atoms with van der Waals surface area (Å²) in [5, 5.41) is 5.63. The van der Waals surface area contributed by atoms with Crippen LogP contribution in [-0.2, 0) is 23.9 Å². The Morgan fingerprint density at radius 1 is 1.09 bits per heavy atom. The zero-order chi connectivity index (χ0) is 24.4. The Hall–Kier alpha value is -3.62. The number of nitrogens with one attached hydrogen (secondary N) is 1. The molecule has 2 aromatic heterocycles. The van der Waals surface area contributed by atoms with Gasteiger partial charge in [-0.1, -0.05) is 36.4 Å². The number of benzene rings is 2. The first-order valence-corrected chi connectivity index (χ1v) is 11.8. The summed E-state index contributed by atoms with van der Waals surface area (Å²) in [6, 6.07) is 15.2. The van der Waals surface area contributed by atoms with Gasteiger partial charge < -0.3 is 9.47 Å². The van der Waals surface area contributed by atoms with Crippen LogP contribution in [0.5, 0.6) is 0 Å². The van der Waals surface area contributed by atoms with Crippen molar-refractivity contribution in [1.82, 2.24) is 24.6 Å². The normalized spacial score (nSPS) is 15.1. The van der Waals surface area contributed by atoms with Gasteiger partial charge >= 0.3 is 6.18 Å². The number of imidazole rings is 1. The van der Waals surface area contributed by atoms with Gasteiger partial charge in [-0.05, 0) is 48.4 Å². The molecular weight excluding hydrogens is 455 g/mol. The van der Waals surface area contributed by atoms with Crippen molar-refractivity contribution >= 4 is 16.9 Å². The molecule has 1 aliphatic heterocycles. The molecule has 0 radical (unpaired) electrons. The molecule has 0 spiro atoms. The summed E-state index contributed by atoms with van der Waals surface area (Å²) in [6.45, 7) is 2.26. The number of halogens is 3. The average Bonchev–Trinajstić information content (AvgIpc) is 3.51. The first kappa shape index (κ1) is 23.1. The lowest BCUT2D eigenvalue weighted by atomic mass is 9.96. The standard InChI is InChI=1S/C26H26F3N5O/c27-26(28,29)25-21(15-31-32-25)20-7-8-23-22(14-20)30-17-34(23)16-19-10-12-33(13-11-19)24(35)9-6-18-4-2-1-3-5-18/h1-5,7-8,14-15,17,19H,6,9-13,16H2,(H,31,32). The SMILES string of the molecule is O=C(CCc1ccccc1)N1CCC(Cn2cnc3cc(-c4cn[nH]c4C(F)(F)F)ccc32)CC1. The van der Waals surface area contributed by atoms with Gasteiger partial charge in [0, 0.05) is 31.6 Å². The lowest BCUT2D eigenvalue weighted by Gasteiger charge is -2.32. The number of hydrogen-bond acceptors (Lipinski definition) is 3. The highest BCUT2D eigenvalue weighted by Crippen LogP contribution is 2.36. The van der Waals surface area contributed by atoms with Crippen molar-refractivity contribution in [2.45, 2.75) is 38.4 Å². The van der Waals surface area contributed by atoms with Crippen LogP contribution in [0.25, 0.3) is 22.2 Å². The van der Waals surface area contributed by atoms with E-state index < -0.39 is 11.9 Å². The van der Waals surface area contributed by atoms with Crippen LogP contribution < -0.4 is 0 Å². The molecule has 1 fully saturated rings. The number of piperidine rings is 1. The third-order valence-corrected chi connectivity index (χ3v) is 6.75. The van der Waals surface area contributed by atoms with Crippen LogP contribution >= 0.6 is 0 Å². The van der Waals surface area contributed by atoms with Crippen LogP contribution in [0.15, 0.2) is 61.1 Å². The van der Waals surface area contributed by atoms with E-state index in [-0.39, 0.29) is 11.5 Å². The van der Waals surface area contributed by atoms with Gasteiger partial charge in [0.2, 0.25) is 5.91 Å². The number of alkyl halides is 3. The molecule has 4 aromatic rings. The third kappa shape index (κ3) is 5.08. The number of aryl methyl sites for hydroxylation is 1. The Balaban J connectivity index is 1.19. The molecule has 0 aliphatic carbocycles. The average molecular weight is 482 g/mol. The molecule has 9 heteroatoms. The second-order valence-electron chi connectivity index (χ2n) is 9.07. The van der Waals surface area contributed by atoms with E-state index in [9.17, 15) is 18.0 Å². The molecule has 0 bridgehead atoms. The van der Waals surface area contributed by atoms with E-state index in [2.05, 4.69) is 19.7 Å². The molecule has 6 nitrogen and oxygen atoms in total. The Kier molecular flexibility index (Phi) is 6.32. The summed E-state index contributed by atoms with van der Waals surface area (Å²) in [5.41, 5.74) is 2.27. The fourth-order valence-corrected chi connectivity index (χ4v) is 4.80. The molecule has 1 aliphatic rings. The van der Waals surface area contributed by atoms with Gasteiger partial charge in [0.15, 0.2) is 0 Å². The molecule has 0 unspecified atom stereocenters. The maximum absolute atomic E-state index is 13.2.